The Labute approximate surface area is 379 Å². The molecule has 0 atom stereocenters. The normalized spacial score (nSPS) is 13.1. The summed E-state index contributed by atoms with van der Waals surface area (Å²) in [6.45, 7) is 0. The number of rotatable bonds is 8. The predicted molar refractivity (Wildman–Crippen MR) is 276 cm³/mol. The van der Waals surface area contributed by atoms with Gasteiger partial charge in [0.2, 0.25) is 0 Å². The molecule has 0 saturated carbocycles. The van der Waals surface area contributed by atoms with E-state index in [9.17, 15) is 0 Å². The van der Waals surface area contributed by atoms with Gasteiger partial charge in [0, 0.05) is 49.5 Å². The average Bonchev–Trinajstić information content (AvgIpc) is 3.77. The number of nitrogens with zero attached hydrogens (tertiary/aromatic N) is 3. The van der Waals surface area contributed by atoms with E-state index in [1.807, 2.05) is 35.9 Å². The molecule has 4 heterocycles. The van der Waals surface area contributed by atoms with Crippen molar-refractivity contribution in [2.75, 3.05) is 4.90 Å². The molecule has 1 aliphatic rings. The van der Waals surface area contributed by atoms with Crippen LogP contribution in [0.4, 0.5) is 17.2 Å². The lowest BCUT2D eigenvalue weighted by Crippen LogP contribution is -2.78. The van der Waals surface area contributed by atoms with Gasteiger partial charge in [-0.3, -0.25) is 9.88 Å². The van der Waals surface area contributed by atoms with E-state index in [1.165, 1.54) is 73.0 Å². The number of pyridine rings is 2. The third-order valence-corrected chi connectivity index (χ3v) is 23.9. The van der Waals surface area contributed by atoms with Crippen molar-refractivity contribution >= 4 is 106 Å². The molecular formula is C58H41N3SSi2. The number of anilines is 3. The van der Waals surface area contributed by atoms with Gasteiger partial charge in [-0.2, -0.15) is 0 Å². The van der Waals surface area contributed by atoms with Gasteiger partial charge in [0.15, 0.2) is 16.1 Å². The van der Waals surface area contributed by atoms with Crippen LogP contribution in [0.25, 0.3) is 31.4 Å². The van der Waals surface area contributed by atoms with Crippen LogP contribution in [0.1, 0.15) is 0 Å². The van der Waals surface area contributed by atoms with E-state index in [1.54, 1.807) is 0 Å². The van der Waals surface area contributed by atoms with Crippen LogP contribution in [0.2, 0.25) is 0 Å². The van der Waals surface area contributed by atoms with Crippen LogP contribution >= 0.6 is 11.3 Å². The van der Waals surface area contributed by atoms with Gasteiger partial charge in [0.1, 0.15) is 5.82 Å². The fourth-order valence-electron chi connectivity index (χ4n) is 10.6. The van der Waals surface area contributed by atoms with Crippen LogP contribution in [-0.4, -0.2) is 26.1 Å². The van der Waals surface area contributed by atoms with Crippen LogP contribution in [0, 0.1) is 0 Å². The highest BCUT2D eigenvalue weighted by molar-refractivity contribution is 7.28. The molecule has 11 aromatic rings. The summed E-state index contributed by atoms with van der Waals surface area (Å²) in [7, 11) is -6.20. The minimum atomic E-state index is -3.12. The number of fused-ring (bicyclic) bond motifs is 6. The van der Waals surface area contributed by atoms with Gasteiger partial charge in [-0.15, -0.1) is 11.3 Å². The Bertz CT molecular complexity index is 3360. The Hall–Kier alpha value is -7.49. The maximum Gasteiger partial charge on any atom is 0.184 e. The minimum absolute atomic E-state index is 0.897. The van der Waals surface area contributed by atoms with Crippen LogP contribution in [0.15, 0.2) is 249 Å². The zero-order valence-corrected chi connectivity index (χ0v) is 37.7. The molecule has 12 rings (SSSR count). The van der Waals surface area contributed by atoms with Gasteiger partial charge in [0.25, 0.3) is 0 Å². The van der Waals surface area contributed by atoms with E-state index in [0.29, 0.717) is 0 Å². The van der Waals surface area contributed by atoms with E-state index >= 15 is 0 Å². The highest BCUT2D eigenvalue weighted by atomic mass is 32.1. The number of thiophene rings is 1. The standard InChI is InChI=1S/C58H41N3SSi2/c1-5-21-43(22-6-1)63(44-23-7-2-8-24-44,47-29-19-20-42(40-47)50-31-15-17-38-59-50)48-34-37-55-52(41-48)61(56-33-16-18-39-60-56)51-35-36-54-57(49-30-13-14-32-53(49)62-54)58(51)64(55,45-25-9-3-10-26-45)46-27-11-4-12-28-46/h1-41H. The molecule has 0 aliphatic carbocycles. The summed E-state index contributed by atoms with van der Waals surface area (Å²) in [6, 6.07) is 88.3. The molecule has 0 amide bonds. The van der Waals surface area contributed by atoms with Crippen molar-refractivity contribution < 1.29 is 0 Å². The molecule has 0 unspecified atom stereocenters. The lowest BCUT2D eigenvalue weighted by Gasteiger charge is -2.46. The fourth-order valence-corrected chi connectivity index (χ4v) is 21.9. The number of hydrogen-bond acceptors (Lipinski definition) is 4. The zero-order valence-electron chi connectivity index (χ0n) is 34.9. The third kappa shape index (κ3) is 5.84. The van der Waals surface area contributed by atoms with Gasteiger partial charge in [0.05, 0.1) is 5.69 Å². The molecule has 6 heteroatoms. The van der Waals surface area contributed by atoms with Gasteiger partial charge in [-0.1, -0.05) is 188 Å². The third-order valence-electron chi connectivity index (χ3n) is 13.2. The summed E-state index contributed by atoms with van der Waals surface area (Å²) in [6.07, 6.45) is 3.82. The second-order valence-corrected chi connectivity index (χ2v) is 25.0. The first-order valence-corrected chi connectivity index (χ1v) is 26.6. The molecule has 3 nitrogen and oxygen atoms in total. The lowest BCUT2D eigenvalue weighted by atomic mass is 10.1. The number of aromatic nitrogens is 2. The Kier molecular flexibility index (Phi) is 9.37. The van der Waals surface area contributed by atoms with E-state index in [-0.39, 0.29) is 0 Å². The maximum atomic E-state index is 5.18. The Balaban J connectivity index is 1.26. The van der Waals surface area contributed by atoms with Crippen molar-refractivity contribution in [3.8, 4) is 11.3 Å². The van der Waals surface area contributed by atoms with E-state index in [0.717, 1.165) is 17.1 Å². The molecule has 0 saturated heterocycles. The summed E-state index contributed by atoms with van der Waals surface area (Å²) in [4.78, 5) is 12.5. The molecule has 0 N–H and O–H groups in total. The van der Waals surface area contributed by atoms with E-state index in [4.69, 9.17) is 9.97 Å². The monoisotopic (exact) mass is 867 g/mol. The average molecular weight is 868 g/mol. The van der Waals surface area contributed by atoms with Gasteiger partial charge in [-0.25, -0.2) is 4.98 Å². The molecule has 0 fully saturated rings. The molecule has 3 aromatic heterocycles. The molecule has 8 aromatic carbocycles. The quantitative estimate of drug-likeness (QED) is 0.113. The molecule has 64 heavy (non-hydrogen) atoms. The highest BCUT2D eigenvalue weighted by Gasteiger charge is 2.52. The second-order valence-electron chi connectivity index (χ2n) is 16.4. The summed E-state index contributed by atoms with van der Waals surface area (Å²) in [5, 5.41) is 13.4. The minimum Gasteiger partial charge on any atom is -0.295 e. The lowest BCUT2D eigenvalue weighted by molar-refractivity contribution is 1.19. The zero-order chi connectivity index (χ0) is 42.5. The molecule has 0 bridgehead atoms. The largest absolute Gasteiger partial charge is 0.295 e. The number of hydrogen-bond donors (Lipinski definition) is 0. The van der Waals surface area contributed by atoms with Crippen molar-refractivity contribution in [3.63, 3.8) is 0 Å². The van der Waals surface area contributed by atoms with Crippen LogP contribution in [0.3, 0.4) is 0 Å². The first kappa shape index (κ1) is 38.2. The van der Waals surface area contributed by atoms with Crippen molar-refractivity contribution in [2.45, 2.75) is 0 Å². The Morgan fingerprint density at radius 1 is 0.422 bits per heavy atom. The topological polar surface area (TPSA) is 29.0 Å². The second kappa shape index (κ2) is 15.7. The summed E-state index contributed by atoms with van der Waals surface area (Å²) in [5.74, 6) is 0.897. The summed E-state index contributed by atoms with van der Waals surface area (Å²) in [5.41, 5.74) is 4.43. The summed E-state index contributed by atoms with van der Waals surface area (Å²) >= 11 is 1.89. The van der Waals surface area contributed by atoms with Crippen LogP contribution < -0.4 is 46.4 Å². The molecule has 0 radical (unpaired) electrons. The highest BCUT2D eigenvalue weighted by Crippen LogP contribution is 2.43. The predicted octanol–water partition coefficient (Wildman–Crippen LogP) is 9.05. The smallest absolute Gasteiger partial charge is 0.184 e. The number of benzene rings is 8. The Morgan fingerprint density at radius 2 is 1.02 bits per heavy atom. The first-order valence-electron chi connectivity index (χ1n) is 21.8. The van der Waals surface area contributed by atoms with Gasteiger partial charge >= 0.3 is 0 Å². The van der Waals surface area contributed by atoms with Crippen molar-refractivity contribution in [3.05, 3.63) is 249 Å². The van der Waals surface area contributed by atoms with E-state index in [2.05, 4.69) is 229 Å². The van der Waals surface area contributed by atoms with Crippen LogP contribution in [0.5, 0.6) is 0 Å². The molecular weight excluding hydrogens is 827 g/mol. The molecule has 1 aliphatic heterocycles. The van der Waals surface area contributed by atoms with Crippen LogP contribution in [-0.2, 0) is 0 Å². The molecule has 0 spiro atoms. The SMILES string of the molecule is c1ccc([Si](c2ccccc2)(c2cccc(-c3ccccn3)c2)c2ccc3c(c2)N(c2ccccn2)c2ccc4sc5ccccc5c4c2[Si]3(c2ccccc2)c2ccccc2)cc1. The van der Waals surface area contributed by atoms with Crippen molar-refractivity contribution in [1.29, 1.82) is 0 Å². The first-order chi connectivity index (χ1) is 31.8. The van der Waals surface area contributed by atoms with Gasteiger partial charge < -0.3 is 0 Å². The van der Waals surface area contributed by atoms with Crippen molar-refractivity contribution in [1.82, 2.24) is 9.97 Å². The Morgan fingerprint density at radius 3 is 1.67 bits per heavy atom. The van der Waals surface area contributed by atoms with Crippen molar-refractivity contribution in [2.24, 2.45) is 0 Å². The maximum absolute atomic E-state index is 5.18. The molecule has 302 valence electrons. The summed E-state index contributed by atoms with van der Waals surface area (Å²) < 4.78 is 2.60. The van der Waals surface area contributed by atoms with Gasteiger partial charge in [-0.05, 0) is 90.0 Å². The van der Waals surface area contributed by atoms with E-state index < -0.39 is 16.1 Å². The fraction of sp³-hybridized carbons (Fsp3) is 0.